The Morgan fingerprint density at radius 1 is 1.23 bits per heavy atom. The molecule has 0 unspecified atom stereocenters. The van der Waals surface area contributed by atoms with Crippen LogP contribution in [0.5, 0.6) is 5.75 Å². The molecule has 0 saturated carbocycles. The van der Waals surface area contributed by atoms with Crippen molar-refractivity contribution in [2.24, 2.45) is 10.8 Å². The molecule has 0 aliphatic carbocycles. The third-order valence-electron chi connectivity index (χ3n) is 3.10. The van der Waals surface area contributed by atoms with Crippen molar-refractivity contribution in [2.75, 3.05) is 5.73 Å². The zero-order valence-electron chi connectivity index (χ0n) is 11.4. The summed E-state index contributed by atoms with van der Waals surface area (Å²) >= 11 is 0. The summed E-state index contributed by atoms with van der Waals surface area (Å²) < 4.78 is 4.44. The Balaban J connectivity index is 1.96. The molecule has 8 nitrogen and oxygen atoms in total. The highest BCUT2D eigenvalue weighted by atomic mass is 16.6. The number of fused-ring (bicyclic) bond motifs is 1. The van der Waals surface area contributed by atoms with Crippen LogP contribution < -0.4 is 16.6 Å². The van der Waals surface area contributed by atoms with Crippen molar-refractivity contribution in [3.8, 4) is 5.75 Å². The van der Waals surface area contributed by atoms with E-state index in [2.05, 4.69) is 25.1 Å². The number of phenols is 1. The smallest absolute Gasteiger partial charge is 0.224 e. The quantitative estimate of drug-likeness (QED) is 0.287. The molecule has 0 aliphatic rings. The Bertz CT molecular complexity index is 884. The number of hydrogen-bond donors (Lipinski definition) is 4. The SMILES string of the molecule is NC(=N[NH+]=Cc1c(O)ccc2ccccc12)c1nonc1N. The average Bonchev–Trinajstić information content (AvgIpc) is 2.95. The number of phenolic OH excluding ortho intramolecular Hbond substituents is 1. The second-order valence-corrected chi connectivity index (χ2v) is 4.49. The molecule has 110 valence electrons. The van der Waals surface area contributed by atoms with Gasteiger partial charge in [-0.2, -0.15) is 0 Å². The van der Waals surface area contributed by atoms with Crippen molar-refractivity contribution in [2.45, 2.75) is 0 Å². The number of anilines is 1. The van der Waals surface area contributed by atoms with Crippen LogP contribution in [0.25, 0.3) is 10.8 Å². The summed E-state index contributed by atoms with van der Waals surface area (Å²) in [7, 11) is 0. The monoisotopic (exact) mass is 297 g/mol. The van der Waals surface area contributed by atoms with Crippen LogP contribution in [-0.2, 0) is 0 Å². The number of rotatable bonds is 3. The van der Waals surface area contributed by atoms with E-state index in [1.165, 1.54) is 6.21 Å². The van der Waals surface area contributed by atoms with Crippen molar-refractivity contribution in [3.63, 3.8) is 0 Å². The van der Waals surface area contributed by atoms with E-state index in [4.69, 9.17) is 11.5 Å². The summed E-state index contributed by atoms with van der Waals surface area (Å²) in [5.74, 6) is 0.202. The number of nitrogens with two attached hydrogens (primary N) is 2. The Morgan fingerprint density at radius 2 is 2.05 bits per heavy atom. The summed E-state index contributed by atoms with van der Waals surface area (Å²) in [4.78, 5) is 0. The number of nitrogens with zero attached hydrogens (tertiary/aromatic N) is 3. The van der Waals surface area contributed by atoms with Gasteiger partial charge in [0, 0.05) is 5.10 Å². The lowest BCUT2D eigenvalue weighted by molar-refractivity contribution is -0.456. The second kappa shape index (κ2) is 5.52. The molecule has 0 bridgehead atoms. The fourth-order valence-electron chi connectivity index (χ4n) is 2.03. The van der Waals surface area contributed by atoms with Gasteiger partial charge in [0.25, 0.3) is 0 Å². The molecule has 1 heterocycles. The van der Waals surface area contributed by atoms with Crippen molar-refractivity contribution < 1.29 is 14.8 Å². The molecule has 0 radical (unpaired) electrons. The molecule has 22 heavy (non-hydrogen) atoms. The molecule has 2 aromatic carbocycles. The third-order valence-corrected chi connectivity index (χ3v) is 3.10. The number of aromatic nitrogens is 2. The second-order valence-electron chi connectivity index (χ2n) is 4.49. The van der Waals surface area contributed by atoms with E-state index in [9.17, 15) is 5.11 Å². The van der Waals surface area contributed by atoms with Crippen molar-refractivity contribution >= 4 is 28.6 Å². The Hall–Kier alpha value is -3.42. The standard InChI is InChI=1S/C14H12N6O2/c15-13(12-14(16)20-22-19-12)18-17-7-10-9-4-2-1-3-8(9)5-6-11(10)21/h1-7,21H,(H2,15,18)(H2,16,20)/p+1. The molecule has 3 rings (SSSR count). The first-order chi connectivity index (χ1) is 10.7. The maximum Gasteiger partial charge on any atom is 0.224 e. The number of aromatic hydroxyl groups is 1. The van der Waals surface area contributed by atoms with Gasteiger partial charge in [0.05, 0.1) is 5.56 Å². The summed E-state index contributed by atoms with van der Waals surface area (Å²) in [6.07, 6.45) is 1.54. The summed E-state index contributed by atoms with van der Waals surface area (Å²) in [6, 6.07) is 11.1. The van der Waals surface area contributed by atoms with Crippen LogP contribution in [0.2, 0.25) is 0 Å². The summed E-state index contributed by atoms with van der Waals surface area (Å²) in [5, 5.41) is 25.4. The largest absolute Gasteiger partial charge is 0.507 e. The lowest BCUT2D eigenvalue weighted by Gasteiger charge is -2.01. The van der Waals surface area contributed by atoms with Gasteiger partial charge in [0.15, 0.2) is 11.5 Å². The van der Waals surface area contributed by atoms with Gasteiger partial charge in [0.2, 0.25) is 12.1 Å². The van der Waals surface area contributed by atoms with Gasteiger partial charge in [-0.05, 0) is 27.2 Å². The maximum atomic E-state index is 9.99. The topological polar surface area (TPSA) is 138 Å². The van der Waals surface area contributed by atoms with Crippen LogP contribution in [0.1, 0.15) is 11.3 Å². The van der Waals surface area contributed by atoms with E-state index in [0.717, 1.165) is 10.8 Å². The number of nitrogens with one attached hydrogen (secondary N) is 1. The first kappa shape index (κ1) is 13.6. The third kappa shape index (κ3) is 2.44. The van der Waals surface area contributed by atoms with Crippen LogP contribution in [0.4, 0.5) is 5.82 Å². The average molecular weight is 297 g/mol. The molecule has 0 aliphatic heterocycles. The fraction of sp³-hybridized carbons (Fsp3) is 0. The number of amidine groups is 1. The molecule has 8 heteroatoms. The normalized spacial score (nSPS) is 12.3. The molecule has 1 aromatic heterocycles. The van der Waals surface area contributed by atoms with E-state index < -0.39 is 0 Å². The molecular formula is C14H13N6O2+. The van der Waals surface area contributed by atoms with Crippen LogP contribution in [0.3, 0.4) is 0 Å². The van der Waals surface area contributed by atoms with Crippen LogP contribution in [-0.4, -0.2) is 27.5 Å². The zero-order chi connectivity index (χ0) is 15.5. The van der Waals surface area contributed by atoms with Gasteiger partial charge in [-0.3, -0.25) is 0 Å². The van der Waals surface area contributed by atoms with Crippen molar-refractivity contribution in [1.82, 2.24) is 10.3 Å². The van der Waals surface area contributed by atoms with Crippen molar-refractivity contribution in [3.05, 3.63) is 47.7 Å². The first-order valence-electron chi connectivity index (χ1n) is 6.38. The van der Waals surface area contributed by atoms with Gasteiger partial charge in [0.1, 0.15) is 5.75 Å². The minimum atomic E-state index is 0.0229. The van der Waals surface area contributed by atoms with E-state index in [0.29, 0.717) is 5.56 Å². The van der Waals surface area contributed by atoms with E-state index in [1.807, 2.05) is 30.3 Å². The van der Waals surface area contributed by atoms with Crippen LogP contribution in [0, 0.1) is 0 Å². The van der Waals surface area contributed by atoms with Crippen molar-refractivity contribution in [1.29, 1.82) is 0 Å². The van der Waals surface area contributed by atoms with E-state index in [1.54, 1.807) is 6.07 Å². The lowest BCUT2D eigenvalue weighted by Crippen LogP contribution is -2.63. The molecule has 0 fully saturated rings. The predicted octanol–water partition coefficient (Wildman–Crippen LogP) is -0.669. The Labute approximate surface area is 124 Å². The molecule has 0 spiro atoms. The van der Waals surface area contributed by atoms with Crippen LogP contribution in [0.15, 0.2) is 46.1 Å². The number of hydrogen-bond acceptors (Lipinski definition) is 6. The lowest BCUT2D eigenvalue weighted by atomic mass is 10.0. The summed E-state index contributed by atoms with van der Waals surface area (Å²) in [5.41, 5.74) is 12.0. The van der Waals surface area contributed by atoms with Gasteiger partial charge >= 0.3 is 0 Å². The summed E-state index contributed by atoms with van der Waals surface area (Å²) in [6.45, 7) is 0. The Kier molecular flexibility index (Phi) is 3.40. The highest BCUT2D eigenvalue weighted by Gasteiger charge is 2.12. The molecular weight excluding hydrogens is 284 g/mol. The zero-order valence-corrected chi connectivity index (χ0v) is 11.4. The maximum absolute atomic E-state index is 9.99. The number of hydrazone groups is 1. The molecule has 0 saturated heterocycles. The Morgan fingerprint density at radius 3 is 2.82 bits per heavy atom. The molecule has 3 aromatic rings. The van der Waals surface area contributed by atoms with E-state index >= 15 is 0 Å². The molecule has 0 amide bonds. The predicted molar refractivity (Wildman–Crippen MR) is 81.2 cm³/mol. The molecule has 6 N–H and O–H groups in total. The fourth-order valence-corrected chi connectivity index (χ4v) is 2.03. The van der Waals surface area contributed by atoms with Gasteiger partial charge in [-0.1, -0.05) is 30.3 Å². The van der Waals surface area contributed by atoms with Gasteiger partial charge in [-0.25, -0.2) is 4.63 Å². The highest BCUT2D eigenvalue weighted by molar-refractivity contribution is 6.01. The highest BCUT2D eigenvalue weighted by Crippen LogP contribution is 2.24. The first-order valence-corrected chi connectivity index (χ1v) is 6.38. The minimum Gasteiger partial charge on any atom is -0.507 e. The number of nitrogen functional groups attached to an aromatic ring is 1. The van der Waals surface area contributed by atoms with Gasteiger partial charge in [-0.15, -0.1) is 5.10 Å². The molecule has 0 atom stereocenters. The van der Waals surface area contributed by atoms with Gasteiger partial charge < -0.3 is 16.6 Å². The van der Waals surface area contributed by atoms with E-state index in [-0.39, 0.29) is 23.1 Å². The minimum absolute atomic E-state index is 0.0229. The van der Waals surface area contributed by atoms with Crippen LogP contribution >= 0.6 is 0 Å². The number of benzene rings is 2.